The number of nitrogens with zero attached hydrogens (tertiary/aromatic N) is 5. The molecule has 0 saturated heterocycles. The first-order chi connectivity index (χ1) is 9.10. The Morgan fingerprint density at radius 3 is 2.84 bits per heavy atom. The molecule has 0 aliphatic rings. The quantitative estimate of drug-likeness (QED) is 0.738. The van der Waals surface area contributed by atoms with Gasteiger partial charge < -0.3 is 9.51 Å². The van der Waals surface area contributed by atoms with Crippen molar-refractivity contribution < 1.29 is 4.52 Å². The Hall–Kier alpha value is -1.96. The summed E-state index contributed by atoms with van der Waals surface area (Å²) in [6.45, 7) is 4.30. The average molecular weight is 278 g/mol. The van der Waals surface area contributed by atoms with Gasteiger partial charge in [0.05, 0.1) is 12.2 Å². The topological polar surface area (TPSA) is 77.5 Å². The van der Waals surface area contributed by atoms with Gasteiger partial charge in [-0.1, -0.05) is 12.1 Å². The summed E-state index contributed by atoms with van der Waals surface area (Å²) in [4.78, 5) is 7.40. The normalized spacial score (nSPS) is 11.5. The third kappa shape index (κ3) is 1.88. The Morgan fingerprint density at radius 2 is 2.21 bits per heavy atom. The summed E-state index contributed by atoms with van der Waals surface area (Å²) < 4.78 is 9.38. The first kappa shape index (κ1) is 12.1. The van der Waals surface area contributed by atoms with E-state index in [0.29, 0.717) is 23.0 Å². The number of fused-ring (bicyclic) bond motifs is 1. The molecular weight excluding hydrogens is 264 g/mol. The van der Waals surface area contributed by atoms with E-state index >= 15 is 0 Å². The highest BCUT2D eigenvalue weighted by atomic mass is 32.1. The van der Waals surface area contributed by atoms with E-state index in [1.807, 2.05) is 16.3 Å². The third-order valence-electron chi connectivity index (χ3n) is 3.03. The number of hydrogen-bond donors (Lipinski definition) is 1. The molecule has 0 aliphatic carbocycles. The van der Waals surface area contributed by atoms with E-state index in [9.17, 15) is 0 Å². The van der Waals surface area contributed by atoms with Gasteiger partial charge in [0.25, 0.3) is 0 Å². The summed E-state index contributed by atoms with van der Waals surface area (Å²) in [6, 6.07) is 0. The van der Waals surface area contributed by atoms with Crippen LogP contribution in [0.4, 0.5) is 0 Å². The van der Waals surface area contributed by atoms with Crippen LogP contribution in [0.15, 0.2) is 4.52 Å². The number of imidazole rings is 1. The molecule has 0 fully saturated rings. The molecule has 3 heterocycles. The van der Waals surface area contributed by atoms with Gasteiger partial charge in [-0.2, -0.15) is 10.1 Å². The van der Waals surface area contributed by atoms with Crippen LogP contribution in [0.2, 0.25) is 0 Å². The molecule has 0 amide bonds. The van der Waals surface area contributed by atoms with Gasteiger partial charge in [-0.25, -0.2) is 0 Å². The molecule has 0 spiro atoms. The molecule has 19 heavy (non-hydrogen) atoms. The number of rotatable bonds is 3. The van der Waals surface area contributed by atoms with E-state index in [-0.39, 0.29) is 0 Å². The predicted octanol–water partition coefficient (Wildman–Crippen LogP) is 1.73. The van der Waals surface area contributed by atoms with Crippen molar-refractivity contribution in [3.8, 4) is 0 Å². The molecule has 8 heteroatoms. The Kier molecular flexibility index (Phi) is 2.74. The van der Waals surface area contributed by atoms with E-state index < -0.39 is 0 Å². The Bertz CT molecular complexity index is 792. The zero-order valence-electron chi connectivity index (χ0n) is 11.0. The van der Waals surface area contributed by atoms with Gasteiger partial charge in [0.15, 0.2) is 16.2 Å². The van der Waals surface area contributed by atoms with Gasteiger partial charge in [-0.05, 0) is 18.6 Å². The summed E-state index contributed by atoms with van der Waals surface area (Å²) in [5.41, 5.74) is 2.94. The van der Waals surface area contributed by atoms with Crippen LogP contribution in [0.3, 0.4) is 0 Å². The van der Waals surface area contributed by atoms with Crippen LogP contribution in [-0.4, -0.2) is 29.5 Å². The van der Waals surface area contributed by atoms with E-state index in [0.717, 1.165) is 23.3 Å². The highest BCUT2D eigenvalue weighted by molar-refractivity contribution is 7.71. The van der Waals surface area contributed by atoms with Crippen molar-refractivity contribution in [3.63, 3.8) is 0 Å². The van der Waals surface area contributed by atoms with Crippen molar-refractivity contribution in [3.05, 3.63) is 22.2 Å². The van der Waals surface area contributed by atoms with Crippen LogP contribution in [-0.2, 0) is 20.0 Å². The molecule has 3 aromatic rings. The Balaban J connectivity index is 2.15. The lowest BCUT2D eigenvalue weighted by atomic mass is 10.3. The van der Waals surface area contributed by atoms with Crippen LogP contribution in [0.5, 0.6) is 0 Å². The number of aryl methyl sites for hydroxylation is 3. The van der Waals surface area contributed by atoms with Gasteiger partial charge >= 0.3 is 0 Å². The summed E-state index contributed by atoms with van der Waals surface area (Å²) in [7, 11) is 1.90. The van der Waals surface area contributed by atoms with E-state index in [2.05, 4.69) is 27.1 Å². The number of nitrogens with one attached hydrogen (secondary N) is 1. The largest absolute Gasteiger partial charge is 0.340 e. The van der Waals surface area contributed by atoms with Crippen LogP contribution in [0.25, 0.3) is 11.2 Å². The lowest BCUT2D eigenvalue weighted by molar-refractivity contribution is 0.386. The molecule has 3 rings (SSSR count). The predicted molar refractivity (Wildman–Crippen MR) is 71.4 cm³/mol. The number of hydrogen-bond acceptors (Lipinski definition) is 5. The lowest BCUT2D eigenvalue weighted by Gasteiger charge is -2.00. The molecule has 0 aromatic carbocycles. The molecule has 0 saturated carbocycles. The zero-order chi connectivity index (χ0) is 13.6. The molecule has 1 N–H and O–H groups in total. The minimum absolute atomic E-state index is 0.471. The fourth-order valence-electron chi connectivity index (χ4n) is 2.22. The van der Waals surface area contributed by atoms with Crippen LogP contribution in [0, 0.1) is 11.7 Å². The molecule has 0 radical (unpaired) electrons. The number of aromatic amines is 1. The second kappa shape index (κ2) is 4.30. The summed E-state index contributed by atoms with van der Waals surface area (Å²) >= 11 is 5.36. The standard InChI is InChI=1S/C11H14N6OS/c1-4-7-9-10(16(3)14-7)17(11(19)13-9)5-8-12-6(2)18-15-8/h4-5H2,1-3H3,(H,13,19). The maximum Gasteiger partial charge on any atom is 0.223 e. The number of H-pyrrole nitrogens is 1. The van der Waals surface area contributed by atoms with Crippen molar-refractivity contribution in [2.45, 2.75) is 26.8 Å². The van der Waals surface area contributed by atoms with E-state index in [1.165, 1.54) is 0 Å². The Morgan fingerprint density at radius 1 is 1.42 bits per heavy atom. The van der Waals surface area contributed by atoms with Crippen molar-refractivity contribution in [1.82, 2.24) is 29.5 Å². The van der Waals surface area contributed by atoms with Crippen LogP contribution < -0.4 is 0 Å². The van der Waals surface area contributed by atoms with Crippen LogP contribution >= 0.6 is 12.2 Å². The van der Waals surface area contributed by atoms with Crippen molar-refractivity contribution >= 4 is 23.4 Å². The van der Waals surface area contributed by atoms with Gasteiger partial charge in [0, 0.05) is 14.0 Å². The van der Waals surface area contributed by atoms with Gasteiger partial charge in [-0.15, -0.1) is 0 Å². The molecule has 7 nitrogen and oxygen atoms in total. The molecular formula is C11H14N6OS. The van der Waals surface area contributed by atoms with Crippen molar-refractivity contribution in [2.75, 3.05) is 0 Å². The summed E-state index contributed by atoms with van der Waals surface area (Å²) in [5.74, 6) is 1.15. The van der Waals surface area contributed by atoms with E-state index in [4.69, 9.17) is 16.7 Å². The van der Waals surface area contributed by atoms with Gasteiger partial charge in [0.2, 0.25) is 5.89 Å². The Labute approximate surface area is 114 Å². The maximum absolute atomic E-state index is 5.36. The summed E-state index contributed by atoms with van der Waals surface area (Å²) in [6.07, 6.45) is 0.855. The maximum atomic E-state index is 5.36. The fraction of sp³-hybridized carbons (Fsp3) is 0.455. The fourth-order valence-corrected chi connectivity index (χ4v) is 2.47. The average Bonchev–Trinajstić information content (AvgIpc) is 3.00. The molecule has 0 atom stereocenters. The highest BCUT2D eigenvalue weighted by Crippen LogP contribution is 2.18. The third-order valence-corrected chi connectivity index (χ3v) is 3.35. The molecule has 0 unspecified atom stereocenters. The smallest absolute Gasteiger partial charge is 0.223 e. The lowest BCUT2D eigenvalue weighted by Crippen LogP contribution is -2.05. The minimum atomic E-state index is 0.471. The second-order valence-corrected chi connectivity index (χ2v) is 4.76. The summed E-state index contributed by atoms with van der Waals surface area (Å²) in [5, 5.41) is 8.37. The molecule has 100 valence electrons. The molecule has 0 bridgehead atoms. The van der Waals surface area contributed by atoms with Gasteiger partial charge in [0.1, 0.15) is 5.52 Å². The van der Waals surface area contributed by atoms with Gasteiger partial charge in [-0.3, -0.25) is 9.25 Å². The first-order valence-electron chi connectivity index (χ1n) is 6.03. The van der Waals surface area contributed by atoms with Crippen molar-refractivity contribution in [2.24, 2.45) is 7.05 Å². The minimum Gasteiger partial charge on any atom is -0.340 e. The molecule has 3 aromatic heterocycles. The molecule has 0 aliphatic heterocycles. The van der Waals surface area contributed by atoms with Crippen LogP contribution in [0.1, 0.15) is 24.3 Å². The first-order valence-corrected chi connectivity index (χ1v) is 6.44. The highest BCUT2D eigenvalue weighted by Gasteiger charge is 2.15. The zero-order valence-corrected chi connectivity index (χ0v) is 11.8. The SMILES string of the molecule is CCc1nn(C)c2c1[nH]c(=S)n2Cc1noc(C)n1. The van der Waals surface area contributed by atoms with E-state index in [1.54, 1.807) is 6.92 Å². The monoisotopic (exact) mass is 278 g/mol. The number of aromatic nitrogens is 6. The second-order valence-electron chi connectivity index (χ2n) is 4.37. The van der Waals surface area contributed by atoms with Crippen molar-refractivity contribution in [1.29, 1.82) is 0 Å².